The number of amides is 1. The van der Waals surface area contributed by atoms with E-state index in [2.05, 4.69) is 4.98 Å². The minimum absolute atomic E-state index is 0.281. The van der Waals surface area contributed by atoms with Gasteiger partial charge in [0.15, 0.2) is 0 Å². The fourth-order valence-electron chi connectivity index (χ4n) is 2.68. The molecule has 7 heteroatoms. The summed E-state index contributed by atoms with van der Waals surface area (Å²) < 4.78 is 5.64. The van der Waals surface area contributed by atoms with Crippen LogP contribution in [0.4, 0.5) is 0 Å². The summed E-state index contributed by atoms with van der Waals surface area (Å²) in [7, 11) is 0. The van der Waals surface area contributed by atoms with Crippen molar-refractivity contribution in [3.63, 3.8) is 0 Å². The maximum atomic E-state index is 12.5. The minimum Gasteiger partial charge on any atom is -0.480 e. The molecule has 1 atom stereocenters. The number of rotatable bonds is 4. The van der Waals surface area contributed by atoms with E-state index in [9.17, 15) is 14.7 Å². The van der Waals surface area contributed by atoms with Crippen LogP contribution in [0.2, 0.25) is 5.02 Å². The normalized spacial score (nSPS) is 16.9. The highest BCUT2D eigenvalue weighted by Gasteiger charge is 2.34. The van der Waals surface area contributed by atoms with E-state index >= 15 is 0 Å². The smallest absolute Gasteiger partial charge is 0.326 e. The number of carboxylic acid groups (broad SMARTS) is 1. The van der Waals surface area contributed by atoms with Gasteiger partial charge in [-0.15, -0.1) is 0 Å². The predicted molar refractivity (Wildman–Crippen MR) is 87.5 cm³/mol. The molecule has 2 aromatic rings. The molecule has 0 bridgehead atoms. The maximum absolute atomic E-state index is 12.5. The van der Waals surface area contributed by atoms with Crippen LogP contribution < -0.4 is 4.74 Å². The van der Waals surface area contributed by atoms with Gasteiger partial charge < -0.3 is 14.7 Å². The Morgan fingerprint density at radius 1 is 1.25 bits per heavy atom. The molecule has 6 nitrogen and oxygen atoms in total. The lowest BCUT2D eigenvalue weighted by atomic mass is 10.1. The Bertz CT molecular complexity index is 766. The van der Waals surface area contributed by atoms with Gasteiger partial charge >= 0.3 is 5.97 Å². The summed E-state index contributed by atoms with van der Waals surface area (Å²) in [6.45, 7) is 0.433. The lowest BCUT2D eigenvalue weighted by Crippen LogP contribution is -2.40. The zero-order valence-corrected chi connectivity index (χ0v) is 13.4. The molecule has 1 aromatic carbocycles. The number of hydrogen-bond donors (Lipinski definition) is 1. The number of carbonyl (C=O) groups is 2. The second-order valence-electron chi connectivity index (χ2n) is 5.42. The minimum atomic E-state index is -0.982. The number of likely N-dealkylation sites (tertiary alicyclic amines) is 1. The van der Waals surface area contributed by atoms with Crippen molar-refractivity contribution in [3.8, 4) is 11.5 Å². The molecule has 1 saturated heterocycles. The highest BCUT2D eigenvalue weighted by Crippen LogP contribution is 2.31. The van der Waals surface area contributed by atoms with E-state index in [1.54, 1.807) is 36.7 Å². The lowest BCUT2D eigenvalue weighted by molar-refractivity contribution is -0.141. The molecular formula is C17H15ClN2O4. The third-order valence-corrected chi connectivity index (χ3v) is 4.15. The summed E-state index contributed by atoms with van der Waals surface area (Å²) >= 11 is 6.20. The number of ether oxygens (including phenoxy) is 1. The topological polar surface area (TPSA) is 79.7 Å². The zero-order chi connectivity index (χ0) is 17.1. The first-order valence-electron chi connectivity index (χ1n) is 7.47. The van der Waals surface area contributed by atoms with Gasteiger partial charge in [-0.2, -0.15) is 0 Å². The highest BCUT2D eigenvalue weighted by molar-refractivity contribution is 6.32. The molecule has 0 radical (unpaired) electrons. The molecule has 1 aromatic heterocycles. The van der Waals surface area contributed by atoms with Crippen LogP contribution in [0.3, 0.4) is 0 Å². The summed E-state index contributed by atoms with van der Waals surface area (Å²) in [5, 5.41) is 9.48. The van der Waals surface area contributed by atoms with Crippen molar-refractivity contribution in [1.82, 2.24) is 9.88 Å². The first-order chi connectivity index (χ1) is 11.6. The fraction of sp³-hybridized carbons (Fsp3) is 0.235. The summed E-state index contributed by atoms with van der Waals surface area (Å²) in [4.78, 5) is 29.0. The maximum Gasteiger partial charge on any atom is 0.326 e. The fourth-order valence-corrected chi connectivity index (χ4v) is 2.90. The summed E-state index contributed by atoms with van der Waals surface area (Å²) in [5.41, 5.74) is 0.343. The van der Waals surface area contributed by atoms with E-state index < -0.39 is 12.0 Å². The molecule has 0 saturated carbocycles. The number of halogens is 1. The van der Waals surface area contributed by atoms with Crippen LogP contribution in [0.1, 0.15) is 23.2 Å². The second-order valence-corrected chi connectivity index (χ2v) is 5.83. The van der Waals surface area contributed by atoms with Crippen molar-refractivity contribution < 1.29 is 19.4 Å². The molecule has 0 spiro atoms. The molecule has 1 unspecified atom stereocenters. The number of pyridine rings is 1. The summed E-state index contributed by atoms with van der Waals surface area (Å²) in [5.74, 6) is -0.325. The Balaban J connectivity index is 1.79. The van der Waals surface area contributed by atoms with Crippen molar-refractivity contribution in [2.45, 2.75) is 18.9 Å². The quantitative estimate of drug-likeness (QED) is 0.919. The molecule has 3 rings (SSSR count). The van der Waals surface area contributed by atoms with Gasteiger partial charge in [-0.1, -0.05) is 11.6 Å². The third kappa shape index (κ3) is 3.33. The highest BCUT2D eigenvalue weighted by atomic mass is 35.5. The Labute approximate surface area is 143 Å². The van der Waals surface area contributed by atoms with Crippen molar-refractivity contribution in [2.75, 3.05) is 6.54 Å². The average molecular weight is 347 g/mol. The van der Waals surface area contributed by atoms with Gasteiger partial charge in [-0.25, -0.2) is 4.79 Å². The van der Waals surface area contributed by atoms with Gasteiger partial charge in [0.1, 0.15) is 17.5 Å². The van der Waals surface area contributed by atoms with E-state index in [1.807, 2.05) is 0 Å². The Morgan fingerprint density at radius 2 is 2.00 bits per heavy atom. The summed E-state index contributed by atoms with van der Waals surface area (Å²) in [6, 6.07) is 7.29. The Morgan fingerprint density at radius 3 is 2.67 bits per heavy atom. The van der Waals surface area contributed by atoms with Crippen molar-refractivity contribution in [2.24, 2.45) is 0 Å². The van der Waals surface area contributed by atoms with Gasteiger partial charge in [0.2, 0.25) is 0 Å². The molecule has 0 aliphatic carbocycles. The Kier molecular flexibility index (Phi) is 4.66. The summed E-state index contributed by atoms with van der Waals surface area (Å²) in [6.07, 6.45) is 4.35. The third-order valence-electron chi connectivity index (χ3n) is 3.86. The monoisotopic (exact) mass is 346 g/mol. The van der Waals surface area contributed by atoms with Crippen LogP contribution in [0, 0.1) is 0 Å². The molecule has 2 heterocycles. The molecule has 1 amide bonds. The number of benzene rings is 1. The van der Waals surface area contributed by atoms with E-state index in [0.717, 1.165) is 0 Å². The zero-order valence-electron chi connectivity index (χ0n) is 12.7. The van der Waals surface area contributed by atoms with Gasteiger partial charge in [0.25, 0.3) is 5.91 Å². The van der Waals surface area contributed by atoms with Gasteiger partial charge in [-0.05, 0) is 43.2 Å². The van der Waals surface area contributed by atoms with Crippen molar-refractivity contribution in [1.29, 1.82) is 0 Å². The lowest BCUT2D eigenvalue weighted by Gasteiger charge is -2.21. The molecule has 1 fully saturated rings. The molecular weight excluding hydrogens is 332 g/mol. The largest absolute Gasteiger partial charge is 0.480 e. The van der Waals surface area contributed by atoms with Crippen molar-refractivity contribution >= 4 is 23.5 Å². The second kappa shape index (κ2) is 6.88. The van der Waals surface area contributed by atoms with Crippen LogP contribution >= 0.6 is 11.6 Å². The van der Waals surface area contributed by atoms with Gasteiger partial charge in [-0.3, -0.25) is 9.78 Å². The van der Waals surface area contributed by atoms with E-state index in [1.165, 1.54) is 11.0 Å². The van der Waals surface area contributed by atoms with E-state index in [4.69, 9.17) is 16.3 Å². The number of carbonyl (C=O) groups excluding carboxylic acids is 1. The van der Waals surface area contributed by atoms with Crippen LogP contribution in [-0.4, -0.2) is 39.5 Å². The Hall–Kier alpha value is -2.60. The molecule has 1 N–H and O–H groups in total. The van der Waals surface area contributed by atoms with E-state index in [0.29, 0.717) is 36.4 Å². The molecule has 124 valence electrons. The first-order valence-corrected chi connectivity index (χ1v) is 7.85. The molecule has 1 aliphatic heterocycles. The first kappa shape index (κ1) is 16.3. The predicted octanol–water partition coefficient (Wildman–Crippen LogP) is 3.22. The standard InChI is InChI=1S/C17H15ClN2O4/c18-13-10-11(16(21)20-9-1-2-14(20)17(22)23)3-4-15(13)24-12-5-7-19-8-6-12/h3-8,10,14H,1-2,9H2,(H,22,23). The van der Waals surface area contributed by atoms with Crippen LogP contribution in [0.25, 0.3) is 0 Å². The number of hydrogen-bond acceptors (Lipinski definition) is 4. The number of nitrogens with zero attached hydrogens (tertiary/aromatic N) is 2. The van der Waals surface area contributed by atoms with E-state index in [-0.39, 0.29) is 10.9 Å². The SMILES string of the molecule is O=C(O)C1CCCN1C(=O)c1ccc(Oc2ccncc2)c(Cl)c1. The number of aromatic nitrogens is 1. The van der Waals surface area contributed by atoms with Crippen molar-refractivity contribution in [3.05, 3.63) is 53.3 Å². The van der Waals surface area contributed by atoms with Gasteiger partial charge in [0, 0.05) is 24.5 Å². The van der Waals surface area contributed by atoms with Crippen LogP contribution in [0.5, 0.6) is 11.5 Å². The molecule has 1 aliphatic rings. The number of carboxylic acids is 1. The number of aliphatic carboxylic acids is 1. The van der Waals surface area contributed by atoms with Crippen LogP contribution in [-0.2, 0) is 4.79 Å². The van der Waals surface area contributed by atoms with Gasteiger partial charge in [0.05, 0.1) is 5.02 Å². The van der Waals surface area contributed by atoms with Crippen LogP contribution in [0.15, 0.2) is 42.7 Å². The average Bonchev–Trinajstić information content (AvgIpc) is 3.07. The molecule has 24 heavy (non-hydrogen) atoms.